The molecule has 154 valence electrons. The van der Waals surface area contributed by atoms with Gasteiger partial charge in [0.25, 0.3) is 0 Å². The fraction of sp³-hybridized carbons (Fsp3) is 0.522. The molecule has 2 aliphatic rings. The number of carbonyl (C=O) groups is 1. The molecule has 2 heterocycles. The Morgan fingerprint density at radius 2 is 1.79 bits per heavy atom. The SMILES string of the molecule is CN(C)c1nc2c(c(-c3ccc(CN4CCC(C(N)=O)CC4)cc3)n1)CCCC2. The second kappa shape index (κ2) is 8.49. The summed E-state index contributed by atoms with van der Waals surface area (Å²) in [4.78, 5) is 25.4. The molecule has 1 fully saturated rings. The van der Waals surface area contributed by atoms with Gasteiger partial charge in [-0.2, -0.15) is 0 Å². The lowest BCUT2D eigenvalue weighted by Gasteiger charge is -2.30. The van der Waals surface area contributed by atoms with Crippen molar-refractivity contribution in [3.8, 4) is 11.3 Å². The van der Waals surface area contributed by atoms with Gasteiger partial charge in [-0.15, -0.1) is 0 Å². The van der Waals surface area contributed by atoms with Crippen LogP contribution in [0.3, 0.4) is 0 Å². The van der Waals surface area contributed by atoms with Gasteiger partial charge >= 0.3 is 0 Å². The fourth-order valence-corrected chi connectivity index (χ4v) is 4.42. The van der Waals surface area contributed by atoms with Crippen LogP contribution in [0.4, 0.5) is 5.95 Å². The maximum Gasteiger partial charge on any atom is 0.225 e. The van der Waals surface area contributed by atoms with Crippen LogP contribution in [0.5, 0.6) is 0 Å². The molecular formula is C23H31N5O. The van der Waals surface area contributed by atoms with Crippen LogP contribution in [0.15, 0.2) is 24.3 Å². The summed E-state index contributed by atoms with van der Waals surface area (Å²) in [5.74, 6) is 0.685. The van der Waals surface area contributed by atoms with E-state index in [-0.39, 0.29) is 11.8 Å². The monoisotopic (exact) mass is 393 g/mol. The quantitative estimate of drug-likeness (QED) is 0.845. The Hall–Kier alpha value is -2.47. The van der Waals surface area contributed by atoms with Gasteiger partial charge in [-0.3, -0.25) is 9.69 Å². The molecule has 0 spiro atoms. The average Bonchev–Trinajstić information content (AvgIpc) is 2.74. The standard InChI is InChI=1S/C23H31N5O/c1-27(2)23-25-20-6-4-3-5-19(20)21(26-23)17-9-7-16(8-10-17)15-28-13-11-18(12-14-28)22(24)29/h7-10,18H,3-6,11-15H2,1-2H3,(H2,24,29). The second-order valence-corrected chi connectivity index (χ2v) is 8.55. The van der Waals surface area contributed by atoms with Gasteiger partial charge in [0.2, 0.25) is 11.9 Å². The molecule has 0 unspecified atom stereocenters. The highest BCUT2D eigenvalue weighted by Crippen LogP contribution is 2.31. The van der Waals surface area contributed by atoms with Gasteiger partial charge in [0, 0.05) is 43.4 Å². The summed E-state index contributed by atoms with van der Waals surface area (Å²) in [5.41, 5.74) is 11.5. The normalized spacial score (nSPS) is 17.7. The molecule has 6 nitrogen and oxygen atoms in total. The number of amides is 1. The highest BCUT2D eigenvalue weighted by Gasteiger charge is 2.23. The first-order valence-electron chi connectivity index (χ1n) is 10.7. The van der Waals surface area contributed by atoms with E-state index in [4.69, 9.17) is 15.7 Å². The van der Waals surface area contributed by atoms with Crippen molar-refractivity contribution in [2.45, 2.75) is 45.1 Å². The van der Waals surface area contributed by atoms with Gasteiger partial charge in [0.15, 0.2) is 0 Å². The highest BCUT2D eigenvalue weighted by atomic mass is 16.1. The first-order valence-corrected chi connectivity index (χ1v) is 10.7. The number of aryl methyl sites for hydroxylation is 1. The number of likely N-dealkylation sites (tertiary alicyclic amines) is 1. The number of fused-ring (bicyclic) bond motifs is 1. The minimum Gasteiger partial charge on any atom is -0.369 e. The third-order valence-corrected chi connectivity index (χ3v) is 6.19. The fourth-order valence-electron chi connectivity index (χ4n) is 4.42. The first-order chi connectivity index (χ1) is 14.0. The van der Waals surface area contributed by atoms with E-state index in [0.29, 0.717) is 0 Å². The van der Waals surface area contributed by atoms with E-state index in [0.717, 1.165) is 57.0 Å². The predicted molar refractivity (Wildman–Crippen MR) is 116 cm³/mol. The topological polar surface area (TPSA) is 75.3 Å². The van der Waals surface area contributed by atoms with E-state index in [2.05, 4.69) is 29.2 Å². The smallest absolute Gasteiger partial charge is 0.225 e. The molecule has 1 aromatic heterocycles. The summed E-state index contributed by atoms with van der Waals surface area (Å²) in [6.45, 7) is 2.78. The summed E-state index contributed by atoms with van der Waals surface area (Å²) in [6.07, 6.45) is 6.27. The molecule has 1 aliphatic carbocycles. The molecule has 1 amide bonds. The number of nitrogens with zero attached hydrogens (tertiary/aromatic N) is 4. The molecule has 2 N–H and O–H groups in total. The van der Waals surface area contributed by atoms with E-state index in [1.54, 1.807) is 0 Å². The number of nitrogens with two attached hydrogens (primary N) is 1. The molecular weight excluding hydrogens is 362 g/mol. The molecule has 0 bridgehead atoms. The van der Waals surface area contributed by atoms with E-state index < -0.39 is 0 Å². The number of hydrogen-bond donors (Lipinski definition) is 1. The van der Waals surface area contributed by atoms with Crippen LogP contribution < -0.4 is 10.6 Å². The number of primary amides is 1. The molecule has 0 saturated carbocycles. The van der Waals surface area contributed by atoms with E-state index in [1.807, 2.05) is 19.0 Å². The lowest BCUT2D eigenvalue weighted by molar-refractivity contribution is -0.123. The van der Waals surface area contributed by atoms with Crippen molar-refractivity contribution in [3.63, 3.8) is 0 Å². The van der Waals surface area contributed by atoms with Crippen molar-refractivity contribution in [2.24, 2.45) is 11.7 Å². The Morgan fingerprint density at radius 3 is 2.45 bits per heavy atom. The minimum absolute atomic E-state index is 0.0449. The van der Waals surface area contributed by atoms with Crippen LogP contribution in [0.1, 0.15) is 42.5 Å². The number of aromatic nitrogens is 2. The molecule has 4 rings (SSSR count). The van der Waals surface area contributed by atoms with Crippen LogP contribution >= 0.6 is 0 Å². The van der Waals surface area contributed by atoms with E-state index in [9.17, 15) is 4.79 Å². The zero-order chi connectivity index (χ0) is 20.4. The van der Waals surface area contributed by atoms with Crippen LogP contribution in [0, 0.1) is 5.92 Å². The maximum atomic E-state index is 11.3. The van der Waals surface area contributed by atoms with Crippen molar-refractivity contribution in [3.05, 3.63) is 41.1 Å². The molecule has 1 aromatic carbocycles. The summed E-state index contributed by atoms with van der Waals surface area (Å²) in [5, 5.41) is 0. The van der Waals surface area contributed by atoms with Gasteiger partial charge in [0.05, 0.1) is 5.69 Å². The predicted octanol–water partition coefficient (Wildman–Crippen LogP) is 2.79. The lowest BCUT2D eigenvalue weighted by atomic mass is 9.92. The van der Waals surface area contributed by atoms with Crippen LogP contribution in [0.2, 0.25) is 0 Å². The molecule has 2 aromatic rings. The molecule has 0 radical (unpaired) electrons. The number of carbonyl (C=O) groups excluding carboxylic acids is 1. The number of anilines is 1. The molecule has 0 atom stereocenters. The minimum atomic E-state index is -0.153. The van der Waals surface area contributed by atoms with Crippen molar-refractivity contribution in [1.29, 1.82) is 0 Å². The van der Waals surface area contributed by atoms with Crippen LogP contribution in [0.25, 0.3) is 11.3 Å². The van der Waals surface area contributed by atoms with E-state index >= 15 is 0 Å². The summed E-state index contributed by atoms with van der Waals surface area (Å²) in [7, 11) is 4.00. The first kappa shape index (κ1) is 19.8. The van der Waals surface area contributed by atoms with Gasteiger partial charge in [-0.25, -0.2) is 9.97 Å². The third kappa shape index (κ3) is 4.42. The summed E-state index contributed by atoms with van der Waals surface area (Å²) < 4.78 is 0. The number of benzene rings is 1. The molecule has 6 heteroatoms. The third-order valence-electron chi connectivity index (χ3n) is 6.19. The van der Waals surface area contributed by atoms with Crippen LogP contribution in [-0.2, 0) is 24.2 Å². The van der Waals surface area contributed by atoms with Gasteiger partial charge < -0.3 is 10.6 Å². The second-order valence-electron chi connectivity index (χ2n) is 8.55. The van der Waals surface area contributed by atoms with Crippen molar-refractivity contribution >= 4 is 11.9 Å². The summed E-state index contributed by atoms with van der Waals surface area (Å²) in [6, 6.07) is 8.81. The maximum absolute atomic E-state index is 11.3. The molecule has 1 saturated heterocycles. The zero-order valence-corrected chi connectivity index (χ0v) is 17.5. The molecule has 1 aliphatic heterocycles. The van der Waals surface area contributed by atoms with Crippen molar-refractivity contribution < 1.29 is 4.79 Å². The zero-order valence-electron chi connectivity index (χ0n) is 17.5. The van der Waals surface area contributed by atoms with Crippen molar-refractivity contribution in [1.82, 2.24) is 14.9 Å². The Balaban J connectivity index is 1.51. The highest BCUT2D eigenvalue weighted by molar-refractivity contribution is 5.76. The Labute approximate surface area is 173 Å². The number of rotatable bonds is 5. The Morgan fingerprint density at radius 1 is 1.10 bits per heavy atom. The lowest BCUT2D eigenvalue weighted by Crippen LogP contribution is -2.38. The number of piperidine rings is 1. The van der Waals surface area contributed by atoms with E-state index in [1.165, 1.54) is 35.2 Å². The molecule has 29 heavy (non-hydrogen) atoms. The van der Waals surface area contributed by atoms with Gasteiger partial charge in [-0.05, 0) is 57.2 Å². The number of hydrogen-bond acceptors (Lipinski definition) is 5. The van der Waals surface area contributed by atoms with Crippen LogP contribution in [-0.4, -0.2) is 48.0 Å². The Bertz CT molecular complexity index is 870. The largest absolute Gasteiger partial charge is 0.369 e. The van der Waals surface area contributed by atoms with Crippen molar-refractivity contribution in [2.75, 3.05) is 32.1 Å². The van der Waals surface area contributed by atoms with Gasteiger partial charge in [0.1, 0.15) is 0 Å². The average molecular weight is 394 g/mol. The summed E-state index contributed by atoms with van der Waals surface area (Å²) >= 11 is 0. The Kier molecular flexibility index (Phi) is 5.81. The van der Waals surface area contributed by atoms with Gasteiger partial charge in [-0.1, -0.05) is 24.3 Å².